The molecule has 0 saturated carbocycles. The molecule has 0 bridgehead atoms. The average Bonchev–Trinajstić information content (AvgIpc) is 2.28. The predicted molar refractivity (Wildman–Crippen MR) is 70.1 cm³/mol. The molecule has 0 rings (SSSR count). The highest BCUT2D eigenvalue weighted by molar-refractivity contribution is 8.00. The molecule has 0 radical (unpaired) electrons. The number of amides is 1. The van der Waals surface area contributed by atoms with Crippen molar-refractivity contribution >= 4 is 23.6 Å². The maximum absolute atomic E-state index is 11.8. The Morgan fingerprint density at radius 3 is 2.24 bits per heavy atom. The maximum Gasteiger partial charge on any atom is 0.321 e. The van der Waals surface area contributed by atoms with Gasteiger partial charge in [-0.2, -0.15) is 0 Å². The predicted octanol–water partition coefficient (Wildman–Crippen LogP) is 0.780. The van der Waals surface area contributed by atoms with Crippen molar-refractivity contribution in [3.63, 3.8) is 0 Å². The number of aliphatic carboxylic acids is 1. The lowest BCUT2D eigenvalue weighted by molar-refractivity contribution is -0.138. The fraction of sp³-hybridized carbons (Fsp3) is 0.818. The number of hydrogen-bond donors (Lipinski definition) is 2. The lowest BCUT2D eigenvalue weighted by Crippen LogP contribution is -2.36. The van der Waals surface area contributed by atoms with Gasteiger partial charge in [0.1, 0.15) is 6.04 Å². The van der Waals surface area contributed by atoms with Crippen molar-refractivity contribution < 1.29 is 14.7 Å². The van der Waals surface area contributed by atoms with Crippen molar-refractivity contribution in [3.8, 4) is 0 Å². The maximum atomic E-state index is 11.8. The number of carboxylic acids is 1. The van der Waals surface area contributed by atoms with Crippen LogP contribution in [0.5, 0.6) is 0 Å². The smallest absolute Gasteiger partial charge is 0.321 e. The van der Waals surface area contributed by atoms with Crippen molar-refractivity contribution in [1.82, 2.24) is 4.90 Å². The molecule has 1 atom stereocenters. The fourth-order valence-electron chi connectivity index (χ4n) is 1.34. The van der Waals surface area contributed by atoms with Crippen molar-refractivity contribution in [1.29, 1.82) is 0 Å². The summed E-state index contributed by atoms with van der Waals surface area (Å²) in [6.07, 6.45) is 1.87. The van der Waals surface area contributed by atoms with Gasteiger partial charge >= 0.3 is 5.97 Å². The molecule has 1 amide bonds. The molecule has 0 aliphatic carbocycles. The lowest BCUT2D eigenvalue weighted by atomic mass is 10.3. The molecule has 0 unspecified atom stereocenters. The molecular formula is C11H22N2O3S. The van der Waals surface area contributed by atoms with Crippen LogP contribution in [0, 0.1) is 0 Å². The summed E-state index contributed by atoms with van der Waals surface area (Å²) in [5.74, 6) is -0.381. The first kappa shape index (κ1) is 16.2. The fourth-order valence-corrected chi connectivity index (χ4v) is 2.21. The summed E-state index contributed by atoms with van der Waals surface area (Å²) in [4.78, 5) is 24.1. The molecule has 6 heteroatoms. The van der Waals surface area contributed by atoms with Gasteiger partial charge in [0.25, 0.3) is 0 Å². The number of nitrogens with zero attached hydrogens (tertiary/aromatic N) is 1. The SMILES string of the molecule is CCCN(CCC)C(=O)CSC[C@@H](N)C(=O)O. The summed E-state index contributed by atoms with van der Waals surface area (Å²) >= 11 is 1.28. The zero-order valence-electron chi connectivity index (χ0n) is 10.5. The Morgan fingerprint density at radius 1 is 1.29 bits per heavy atom. The zero-order chi connectivity index (χ0) is 13.3. The summed E-state index contributed by atoms with van der Waals surface area (Å²) < 4.78 is 0. The molecule has 3 N–H and O–H groups in total. The third-order valence-electron chi connectivity index (χ3n) is 2.18. The molecule has 0 saturated heterocycles. The third-order valence-corrected chi connectivity index (χ3v) is 3.23. The average molecular weight is 262 g/mol. The van der Waals surface area contributed by atoms with Gasteiger partial charge in [-0.3, -0.25) is 9.59 Å². The summed E-state index contributed by atoms with van der Waals surface area (Å²) in [5.41, 5.74) is 5.35. The summed E-state index contributed by atoms with van der Waals surface area (Å²) in [6.45, 7) is 5.59. The van der Waals surface area contributed by atoms with E-state index in [9.17, 15) is 9.59 Å². The van der Waals surface area contributed by atoms with Gasteiger partial charge in [0.2, 0.25) is 5.91 Å². The summed E-state index contributed by atoms with van der Waals surface area (Å²) in [5, 5.41) is 8.59. The molecule has 0 heterocycles. The topological polar surface area (TPSA) is 83.6 Å². The van der Waals surface area contributed by atoms with Crippen LogP contribution < -0.4 is 5.73 Å². The highest BCUT2D eigenvalue weighted by Crippen LogP contribution is 2.05. The van der Waals surface area contributed by atoms with Crippen LogP contribution in [0.25, 0.3) is 0 Å². The van der Waals surface area contributed by atoms with Crippen LogP contribution in [-0.4, -0.2) is 52.5 Å². The minimum absolute atomic E-state index is 0.0660. The summed E-state index contributed by atoms with van der Waals surface area (Å²) in [7, 11) is 0. The standard InChI is InChI=1S/C11H22N2O3S/c1-3-5-13(6-4-2)10(14)8-17-7-9(12)11(15)16/h9H,3-8,12H2,1-2H3,(H,15,16)/t9-/m1/s1. The molecular weight excluding hydrogens is 240 g/mol. The molecule has 0 aromatic rings. The minimum atomic E-state index is -1.02. The van der Waals surface area contributed by atoms with Crippen molar-refractivity contribution in [2.45, 2.75) is 32.7 Å². The number of thioether (sulfide) groups is 1. The van der Waals surface area contributed by atoms with Crippen LogP contribution in [0.3, 0.4) is 0 Å². The first-order valence-corrected chi connectivity index (χ1v) is 7.02. The Labute approximate surface area is 107 Å². The van der Waals surface area contributed by atoms with E-state index in [1.165, 1.54) is 11.8 Å². The first-order valence-electron chi connectivity index (χ1n) is 5.86. The monoisotopic (exact) mass is 262 g/mol. The molecule has 0 aliphatic rings. The van der Waals surface area contributed by atoms with E-state index < -0.39 is 12.0 Å². The Balaban J connectivity index is 3.92. The van der Waals surface area contributed by atoms with Crippen molar-refractivity contribution in [2.75, 3.05) is 24.6 Å². The van der Waals surface area contributed by atoms with Crippen LogP contribution >= 0.6 is 11.8 Å². The molecule has 0 spiro atoms. The van der Waals surface area contributed by atoms with E-state index in [-0.39, 0.29) is 11.7 Å². The van der Waals surface area contributed by atoms with Gasteiger partial charge in [-0.15, -0.1) is 11.8 Å². The Hall–Kier alpha value is -0.750. The van der Waals surface area contributed by atoms with Gasteiger partial charge in [-0.1, -0.05) is 13.8 Å². The molecule has 5 nitrogen and oxygen atoms in total. The van der Waals surface area contributed by atoms with Crippen LogP contribution in [-0.2, 0) is 9.59 Å². The molecule has 0 fully saturated rings. The second-order valence-corrected chi connectivity index (χ2v) is 4.87. The molecule has 0 aromatic carbocycles. The van der Waals surface area contributed by atoms with E-state index >= 15 is 0 Å². The number of hydrogen-bond acceptors (Lipinski definition) is 4. The number of rotatable bonds is 9. The van der Waals surface area contributed by atoms with Gasteiger partial charge < -0.3 is 15.7 Å². The number of nitrogens with two attached hydrogens (primary N) is 1. The number of carbonyl (C=O) groups is 2. The van der Waals surface area contributed by atoms with Crippen molar-refractivity contribution in [3.05, 3.63) is 0 Å². The molecule has 17 heavy (non-hydrogen) atoms. The first-order chi connectivity index (χ1) is 8.02. The van der Waals surface area contributed by atoms with Gasteiger partial charge in [0.05, 0.1) is 5.75 Å². The van der Waals surface area contributed by atoms with Gasteiger partial charge in [-0.25, -0.2) is 0 Å². The van der Waals surface area contributed by atoms with Crippen LogP contribution in [0.2, 0.25) is 0 Å². The highest BCUT2D eigenvalue weighted by atomic mass is 32.2. The quantitative estimate of drug-likeness (QED) is 0.641. The lowest BCUT2D eigenvalue weighted by Gasteiger charge is -2.21. The zero-order valence-corrected chi connectivity index (χ0v) is 11.3. The molecule has 0 aromatic heterocycles. The van der Waals surface area contributed by atoms with E-state index in [0.29, 0.717) is 5.75 Å². The van der Waals surface area contributed by atoms with Gasteiger partial charge in [-0.05, 0) is 12.8 Å². The minimum Gasteiger partial charge on any atom is -0.480 e. The highest BCUT2D eigenvalue weighted by Gasteiger charge is 2.15. The Morgan fingerprint density at radius 2 is 1.82 bits per heavy atom. The van der Waals surface area contributed by atoms with E-state index in [2.05, 4.69) is 0 Å². The Kier molecular flexibility index (Phi) is 8.89. The summed E-state index contributed by atoms with van der Waals surface area (Å²) in [6, 6.07) is -0.890. The normalized spacial score (nSPS) is 12.2. The van der Waals surface area contributed by atoms with E-state index in [4.69, 9.17) is 10.8 Å². The Bertz CT molecular complexity index is 243. The number of carbonyl (C=O) groups excluding carboxylic acids is 1. The van der Waals surface area contributed by atoms with Crippen molar-refractivity contribution in [2.24, 2.45) is 5.73 Å². The van der Waals surface area contributed by atoms with Gasteiger partial charge in [0, 0.05) is 18.8 Å². The van der Waals surface area contributed by atoms with Crippen LogP contribution in [0.1, 0.15) is 26.7 Å². The molecule has 0 aliphatic heterocycles. The largest absolute Gasteiger partial charge is 0.480 e. The second-order valence-electron chi connectivity index (χ2n) is 3.84. The van der Waals surface area contributed by atoms with E-state index in [0.717, 1.165) is 25.9 Å². The van der Waals surface area contributed by atoms with E-state index in [1.54, 1.807) is 0 Å². The van der Waals surface area contributed by atoms with Gasteiger partial charge in [0.15, 0.2) is 0 Å². The second kappa shape index (κ2) is 9.30. The van der Waals surface area contributed by atoms with Crippen LogP contribution in [0.15, 0.2) is 0 Å². The van der Waals surface area contributed by atoms with E-state index in [1.807, 2.05) is 18.7 Å². The van der Waals surface area contributed by atoms with Crippen LogP contribution in [0.4, 0.5) is 0 Å². The molecule has 100 valence electrons. The third kappa shape index (κ3) is 7.23. The number of carboxylic acid groups (broad SMARTS) is 1.